The smallest absolute Gasteiger partial charge is 0.231 e. The summed E-state index contributed by atoms with van der Waals surface area (Å²) >= 11 is 6.04. The molecule has 0 unspecified atom stereocenters. The van der Waals surface area contributed by atoms with Crippen LogP contribution in [-0.2, 0) is 22.6 Å². The molecule has 0 radical (unpaired) electrons. The summed E-state index contributed by atoms with van der Waals surface area (Å²) in [5, 5.41) is 0.358. The molecule has 8 heteroatoms. The molecule has 3 rings (SSSR count). The molecule has 0 amide bonds. The SMILES string of the molecule is Cn1ccnc1S(=O)(=O)Cc1cc(Cl)c2c(c1)OCO2. The predicted molar refractivity (Wildman–Crippen MR) is 71.7 cm³/mol. The first-order valence-corrected chi connectivity index (χ1v) is 7.78. The lowest BCUT2D eigenvalue weighted by Gasteiger charge is -2.06. The van der Waals surface area contributed by atoms with Crippen molar-refractivity contribution in [3.05, 3.63) is 35.1 Å². The molecule has 20 heavy (non-hydrogen) atoms. The van der Waals surface area contributed by atoms with Crippen molar-refractivity contribution in [3.8, 4) is 11.5 Å². The first-order chi connectivity index (χ1) is 9.47. The average molecular weight is 315 g/mol. The van der Waals surface area contributed by atoms with Crippen LogP contribution in [0, 0.1) is 0 Å². The highest BCUT2D eigenvalue weighted by Crippen LogP contribution is 2.40. The van der Waals surface area contributed by atoms with E-state index >= 15 is 0 Å². The molecule has 0 spiro atoms. The van der Waals surface area contributed by atoms with Crippen molar-refractivity contribution in [2.75, 3.05) is 6.79 Å². The Kier molecular flexibility index (Phi) is 3.10. The number of imidazole rings is 1. The Hall–Kier alpha value is -1.73. The molecule has 2 aromatic rings. The number of hydrogen-bond donors (Lipinski definition) is 0. The maximum Gasteiger partial charge on any atom is 0.231 e. The molecule has 1 aliphatic heterocycles. The van der Waals surface area contributed by atoms with Gasteiger partial charge in [-0.1, -0.05) is 11.6 Å². The van der Waals surface area contributed by atoms with Crippen molar-refractivity contribution in [2.24, 2.45) is 7.05 Å². The van der Waals surface area contributed by atoms with Gasteiger partial charge in [0.1, 0.15) is 0 Å². The summed E-state index contributed by atoms with van der Waals surface area (Å²) in [4.78, 5) is 3.86. The summed E-state index contributed by atoms with van der Waals surface area (Å²) in [6, 6.07) is 3.18. The molecule has 0 atom stereocenters. The van der Waals surface area contributed by atoms with E-state index in [2.05, 4.69) is 4.98 Å². The fraction of sp³-hybridized carbons (Fsp3) is 0.250. The highest BCUT2D eigenvalue weighted by molar-refractivity contribution is 7.90. The summed E-state index contributed by atoms with van der Waals surface area (Å²) in [7, 11) is -1.91. The number of halogens is 1. The number of sulfone groups is 1. The van der Waals surface area contributed by atoms with Crippen LogP contribution in [0.2, 0.25) is 5.02 Å². The Morgan fingerprint density at radius 3 is 2.90 bits per heavy atom. The van der Waals surface area contributed by atoms with E-state index < -0.39 is 9.84 Å². The Balaban J connectivity index is 1.96. The molecule has 2 heterocycles. The molecule has 1 aliphatic rings. The van der Waals surface area contributed by atoms with Gasteiger partial charge in [-0.15, -0.1) is 0 Å². The maximum absolute atomic E-state index is 12.3. The Labute approximate surface area is 120 Å². The lowest BCUT2D eigenvalue weighted by Crippen LogP contribution is -2.10. The number of aryl methyl sites for hydroxylation is 1. The van der Waals surface area contributed by atoms with Gasteiger partial charge in [0, 0.05) is 19.4 Å². The van der Waals surface area contributed by atoms with Gasteiger partial charge in [-0.05, 0) is 17.7 Å². The monoisotopic (exact) mass is 314 g/mol. The van der Waals surface area contributed by atoms with E-state index in [1.807, 2.05) is 0 Å². The third kappa shape index (κ3) is 2.23. The third-order valence-electron chi connectivity index (χ3n) is 2.90. The fourth-order valence-electron chi connectivity index (χ4n) is 2.04. The number of aromatic nitrogens is 2. The van der Waals surface area contributed by atoms with E-state index in [4.69, 9.17) is 21.1 Å². The van der Waals surface area contributed by atoms with Crippen LogP contribution < -0.4 is 9.47 Å². The largest absolute Gasteiger partial charge is 0.454 e. The minimum Gasteiger partial charge on any atom is -0.454 e. The van der Waals surface area contributed by atoms with Crippen molar-refractivity contribution in [2.45, 2.75) is 10.9 Å². The van der Waals surface area contributed by atoms with Gasteiger partial charge in [-0.3, -0.25) is 0 Å². The molecule has 106 valence electrons. The number of ether oxygens (including phenoxy) is 2. The van der Waals surface area contributed by atoms with Gasteiger partial charge in [0.15, 0.2) is 11.5 Å². The van der Waals surface area contributed by atoms with Crippen LogP contribution in [0.5, 0.6) is 11.5 Å². The normalized spacial score (nSPS) is 13.7. The summed E-state index contributed by atoms with van der Waals surface area (Å²) in [6.07, 6.45) is 3.03. The van der Waals surface area contributed by atoms with Gasteiger partial charge in [-0.2, -0.15) is 0 Å². The summed E-state index contributed by atoms with van der Waals surface area (Å²) in [5.74, 6) is 0.709. The van der Waals surface area contributed by atoms with Gasteiger partial charge in [0.25, 0.3) is 0 Å². The van der Waals surface area contributed by atoms with Crippen LogP contribution in [0.1, 0.15) is 5.56 Å². The molecule has 0 bridgehead atoms. The number of nitrogens with zero attached hydrogens (tertiary/aromatic N) is 2. The Bertz CT molecular complexity index is 770. The average Bonchev–Trinajstić information content (AvgIpc) is 2.97. The lowest BCUT2D eigenvalue weighted by atomic mass is 10.2. The van der Waals surface area contributed by atoms with Crippen LogP contribution in [0.15, 0.2) is 29.7 Å². The number of hydrogen-bond acceptors (Lipinski definition) is 5. The highest BCUT2D eigenvalue weighted by Gasteiger charge is 2.24. The van der Waals surface area contributed by atoms with E-state index in [1.165, 1.54) is 10.8 Å². The standard InChI is InChI=1S/C12H11ClN2O4S/c1-15-3-2-14-12(15)20(16,17)6-8-4-9(13)11-10(5-8)18-7-19-11/h2-5H,6-7H2,1H3. The first-order valence-electron chi connectivity index (χ1n) is 5.75. The van der Waals surface area contributed by atoms with Gasteiger partial charge in [0.05, 0.1) is 10.8 Å². The Morgan fingerprint density at radius 1 is 1.40 bits per heavy atom. The van der Waals surface area contributed by atoms with Crippen molar-refractivity contribution in [1.29, 1.82) is 0 Å². The topological polar surface area (TPSA) is 70.4 Å². The van der Waals surface area contributed by atoms with Crippen LogP contribution in [0.4, 0.5) is 0 Å². The second-order valence-electron chi connectivity index (χ2n) is 4.39. The van der Waals surface area contributed by atoms with Crippen molar-refractivity contribution >= 4 is 21.4 Å². The molecule has 0 N–H and O–H groups in total. The van der Waals surface area contributed by atoms with Gasteiger partial charge in [0.2, 0.25) is 21.8 Å². The molecule has 0 aliphatic carbocycles. The van der Waals surface area contributed by atoms with Crippen molar-refractivity contribution in [1.82, 2.24) is 9.55 Å². The van der Waals surface area contributed by atoms with E-state index in [1.54, 1.807) is 25.4 Å². The Morgan fingerprint density at radius 2 is 2.20 bits per heavy atom. The van der Waals surface area contributed by atoms with E-state index in [0.717, 1.165) is 0 Å². The van der Waals surface area contributed by atoms with Gasteiger partial charge >= 0.3 is 0 Å². The highest BCUT2D eigenvalue weighted by atomic mass is 35.5. The second kappa shape index (κ2) is 4.68. The zero-order valence-electron chi connectivity index (χ0n) is 10.5. The molecule has 1 aromatic carbocycles. The summed E-state index contributed by atoms with van der Waals surface area (Å²) < 4.78 is 36.5. The third-order valence-corrected chi connectivity index (χ3v) is 4.84. The van der Waals surface area contributed by atoms with Crippen LogP contribution in [0.25, 0.3) is 0 Å². The molecule has 1 aromatic heterocycles. The fourth-order valence-corrected chi connectivity index (χ4v) is 3.78. The van der Waals surface area contributed by atoms with E-state index in [9.17, 15) is 8.42 Å². The molecule has 0 saturated carbocycles. The van der Waals surface area contributed by atoms with Crippen LogP contribution >= 0.6 is 11.6 Å². The van der Waals surface area contributed by atoms with Crippen LogP contribution in [0.3, 0.4) is 0 Å². The summed E-state index contributed by atoms with van der Waals surface area (Å²) in [6.45, 7) is 0.0879. The van der Waals surface area contributed by atoms with Crippen LogP contribution in [-0.4, -0.2) is 24.8 Å². The zero-order chi connectivity index (χ0) is 14.3. The predicted octanol–water partition coefficient (Wildman–Crippen LogP) is 1.78. The molecule has 0 saturated heterocycles. The number of benzene rings is 1. The summed E-state index contributed by atoms with van der Waals surface area (Å²) in [5.41, 5.74) is 0.530. The minimum atomic E-state index is -3.54. The van der Waals surface area contributed by atoms with E-state index in [-0.39, 0.29) is 17.7 Å². The second-order valence-corrected chi connectivity index (χ2v) is 6.68. The van der Waals surface area contributed by atoms with Gasteiger partial charge < -0.3 is 14.0 Å². The maximum atomic E-state index is 12.3. The zero-order valence-corrected chi connectivity index (χ0v) is 12.1. The number of rotatable bonds is 3. The van der Waals surface area contributed by atoms with Crippen molar-refractivity contribution in [3.63, 3.8) is 0 Å². The molecular weight excluding hydrogens is 304 g/mol. The van der Waals surface area contributed by atoms with Crippen molar-refractivity contribution < 1.29 is 17.9 Å². The minimum absolute atomic E-state index is 0.0197. The lowest BCUT2D eigenvalue weighted by molar-refractivity contribution is 0.174. The molecular formula is C12H11ClN2O4S. The quantitative estimate of drug-likeness (QED) is 0.863. The first kappa shape index (κ1) is 13.3. The van der Waals surface area contributed by atoms with E-state index in [0.29, 0.717) is 22.1 Å². The molecule has 6 nitrogen and oxygen atoms in total. The number of fused-ring (bicyclic) bond motifs is 1. The molecule has 0 fully saturated rings. The van der Waals surface area contributed by atoms with Gasteiger partial charge in [-0.25, -0.2) is 13.4 Å².